The summed E-state index contributed by atoms with van der Waals surface area (Å²) in [5.41, 5.74) is 3.54. The normalized spacial score (nSPS) is 15.7. The van der Waals surface area contributed by atoms with E-state index < -0.39 is 6.04 Å². The van der Waals surface area contributed by atoms with E-state index in [9.17, 15) is 14.4 Å². The molecule has 8 nitrogen and oxygen atoms in total. The standard InChI is InChI=1S/C29H27N5O3S/c35-25(30-16-15-20-9-3-1-4-10-20)17-24-28(37)34-27(32-24)22-13-7-8-14-23(22)33-29(34)38-19-26(36)31-18-21-11-5-2-6-12-21/h1-14,24H,15-19H2,(H,30,35)(H,31,36)/t24-/m1/s1. The zero-order chi connectivity index (χ0) is 26.3. The third kappa shape index (κ3) is 6.00. The van der Waals surface area contributed by atoms with Gasteiger partial charge in [-0.15, -0.1) is 0 Å². The van der Waals surface area contributed by atoms with Crippen molar-refractivity contribution in [3.63, 3.8) is 0 Å². The highest BCUT2D eigenvalue weighted by Crippen LogP contribution is 2.34. The molecule has 0 saturated heterocycles. The quantitative estimate of drug-likeness (QED) is 0.447. The Bertz CT molecular complexity index is 1390. The van der Waals surface area contributed by atoms with Gasteiger partial charge in [-0.25, -0.2) is 9.89 Å². The van der Waals surface area contributed by atoms with Crippen molar-refractivity contribution < 1.29 is 14.4 Å². The first-order chi connectivity index (χ1) is 18.6. The van der Waals surface area contributed by atoms with E-state index in [0.29, 0.717) is 36.2 Å². The first-order valence-electron chi connectivity index (χ1n) is 12.4. The molecule has 3 aromatic rings. The van der Waals surface area contributed by atoms with Crippen molar-refractivity contribution >= 4 is 46.2 Å². The monoisotopic (exact) mass is 525 g/mol. The third-order valence-corrected chi connectivity index (χ3v) is 7.11. The largest absolute Gasteiger partial charge is 0.356 e. The van der Waals surface area contributed by atoms with E-state index in [1.807, 2.05) is 84.9 Å². The summed E-state index contributed by atoms with van der Waals surface area (Å²) < 4.78 is 0. The zero-order valence-electron chi connectivity index (χ0n) is 20.7. The lowest BCUT2D eigenvalue weighted by Gasteiger charge is -2.25. The van der Waals surface area contributed by atoms with Crippen LogP contribution in [-0.2, 0) is 27.3 Å². The van der Waals surface area contributed by atoms with Crippen LogP contribution in [0.25, 0.3) is 0 Å². The van der Waals surface area contributed by atoms with Gasteiger partial charge in [-0.3, -0.25) is 19.4 Å². The maximum absolute atomic E-state index is 13.4. The number of thioether (sulfide) groups is 1. The van der Waals surface area contributed by atoms with Gasteiger partial charge in [-0.2, -0.15) is 0 Å². The number of carbonyl (C=O) groups is 3. The molecule has 0 unspecified atom stereocenters. The molecule has 3 amide bonds. The summed E-state index contributed by atoms with van der Waals surface area (Å²) in [5.74, 6) is -0.156. The lowest BCUT2D eigenvalue weighted by molar-refractivity contribution is -0.128. The van der Waals surface area contributed by atoms with Crippen molar-refractivity contribution in [2.75, 3.05) is 12.3 Å². The predicted molar refractivity (Wildman–Crippen MR) is 149 cm³/mol. The van der Waals surface area contributed by atoms with Crippen LogP contribution in [-0.4, -0.2) is 52.0 Å². The molecule has 2 heterocycles. The van der Waals surface area contributed by atoms with Crippen LogP contribution in [0, 0.1) is 0 Å². The van der Waals surface area contributed by atoms with E-state index in [2.05, 4.69) is 20.6 Å². The summed E-state index contributed by atoms with van der Waals surface area (Å²) in [4.78, 5) is 49.3. The van der Waals surface area contributed by atoms with Crippen LogP contribution in [0.2, 0.25) is 0 Å². The summed E-state index contributed by atoms with van der Waals surface area (Å²) in [6.45, 7) is 0.903. The van der Waals surface area contributed by atoms with Gasteiger partial charge in [0.25, 0.3) is 5.91 Å². The van der Waals surface area contributed by atoms with Crippen LogP contribution < -0.4 is 10.6 Å². The maximum Gasteiger partial charge on any atom is 0.259 e. The Kier molecular flexibility index (Phi) is 7.94. The minimum absolute atomic E-state index is 0.0503. The van der Waals surface area contributed by atoms with Crippen molar-refractivity contribution in [1.82, 2.24) is 15.5 Å². The van der Waals surface area contributed by atoms with Gasteiger partial charge in [-0.1, -0.05) is 84.6 Å². The number of benzene rings is 3. The van der Waals surface area contributed by atoms with Crippen molar-refractivity contribution in [2.45, 2.75) is 25.4 Å². The first-order valence-corrected chi connectivity index (χ1v) is 13.4. The fraction of sp³-hybridized carbons (Fsp3) is 0.207. The fourth-order valence-corrected chi connectivity index (χ4v) is 5.08. The minimum Gasteiger partial charge on any atom is -0.356 e. The van der Waals surface area contributed by atoms with E-state index in [4.69, 9.17) is 0 Å². The molecule has 0 saturated carbocycles. The van der Waals surface area contributed by atoms with Crippen LogP contribution in [0.15, 0.2) is 94.9 Å². The van der Waals surface area contributed by atoms with E-state index in [1.165, 1.54) is 16.7 Å². The number of hydrogen-bond donors (Lipinski definition) is 2. The number of amidine groups is 2. The number of amides is 3. The van der Waals surface area contributed by atoms with Gasteiger partial charge in [0, 0.05) is 18.7 Å². The first kappa shape index (κ1) is 25.4. The molecule has 0 bridgehead atoms. The van der Waals surface area contributed by atoms with Gasteiger partial charge in [0.05, 0.1) is 17.9 Å². The van der Waals surface area contributed by atoms with E-state index in [-0.39, 0.29) is 29.9 Å². The van der Waals surface area contributed by atoms with Crippen molar-refractivity contribution in [3.8, 4) is 0 Å². The molecule has 9 heteroatoms. The van der Waals surface area contributed by atoms with Gasteiger partial charge in [0.15, 0.2) is 5.17 Å². The summed E-state index contributed by atoms with van der Waals surface area (Å²) in [6.07, 6.45) is 0.657. The van der Waals surface area contributed by atoms with Gasteiger partial charge >= 0.3 is 0 Å². The molecule has 0 spiro atoms. The molecule has 0 aliphatic carbocycles. The van der Waals surface area contributed by atoms with Crippen molar-refractivity contribution in [1.29, 1.82) is 0 Å². The summed E-state index contributed by atoms with van der Waals surface area (Å²) in [6, 6.07) is 26.1. The molecule has 2 aliphatic heterocycles. The maximum atomic E-state index is 13.4. The van der Waals surface area contributed by atoms with Crippen LogP contribution in [0.3, 0.4) is 0 Å². The highest BCUT2D eigenvalue weighted by atomic mass is 32.2. The number of rotatable bonds is 9. The number of para-hydroxylation sites is 1. The molecule has 0 radical (unpaired) electrons. The topological polar surface area (TPSA) is 103 Å². The van der Waals surface area contributed by atoms with Gasteiger partial charge < -0.3 is 10.6 Å². The van der Waals surface area contributed by atoms with E-state index >= 15 is 0 Å². The molecule has 38 heavy (non-hydrogen) atoms. The number of aliphatic imine (C=N–C) groups is 2. The van der Waals surface area contributed by atoms with Crippen molar-refractivity contribution in [2.24, 2.45) is 9.98 Å². The van der Waals surface area contributed by atoms with E-state index in [1.54, 1.807) is 0 Å². The lowest BCUT2D eigenvalue weighted by Crippen LogP contribution is -2.42. The minimum atomic E-state index is -0.842. The molecule has 2 N–H and O–H groups in total. The number of fused-ring (bicyclic) bond motifs is 3. The second-order valence-corrected chi connectivity index (χ2v) is 9.84. The molecular weight excluding hydrogens is 498 g/mol. The lowest BCUT2D eigenvalue weighted by atomic mass is 10.1. The molecular formula is C29H27N5O3S. The predicted octanol–water partition coefficient (Wildman–Crippen LogP) is 3.44. The highest BCUT2D eigenvalue weighted by molar-refractivity contribution is 8.14. The molecule has 3 aromatic carbocycles. The highest BCUT2D eigenvalue weighted by Gasteiger charge is 2.42. The smallest absolute Gasteiger partial charge is 0.259 e. The van der Waals surface area contributed by atoms with Gasteiger partial charge in [-0.05, 0) is 29.7 Å². The average molecular weight is 526 g/mol. The Morgan fingerprint density at radius 2 is 1.53 bits per heavy atom. The van der Waals surface area contributed by atoms with Gasteiger partial charge in [0.2, 0.25) is 11.8 Å². The van der Waals surface area contributed by atoms with Crippen LogP contribution in [0.4, 0.5) is 5.69 Å². The fourth-order valence-electron chi connectivity index (χ4n) is 4.25. The van der Waals surface area contributed by atoms with Crippen molar-refractivity contribution in [3.05, 3.63) is 102 Å². The molecule has 0 fully saturated rings. The number of hydrogen-bond acceptors (Lipinski definition) is 6. The number of nitrogens with one attached hydrogen (secondary N) is 2. The Balaban J connectivity index is 1.22. The van der Waals surface area contributed by atoms with Crippen LogP contribution in [0.1, 0.15) is 23.1 Å². The average Bonchev–Trinajstić information content (AvgIpc) is 3.27. The zero-order valence-corrected chi connectivity index (χ0v) is 21.5. The second kappa shape index (κ2) is 11.9. The Labute approximate surface area is 225 Å². The summed E-state index contributed by atoms with van der Waals surface area (Å²) in [5, 5.41) is 6.17. The number of carbonyl (C=O) groups excluding carboxylic acids is 3. The Morgan fingerprint density at radius 1 is 0.842 bits per heavy atom. The molecule has 5 rings (SSSR count). The third-order valence-electron chi connectivity index (χ3n) is 6.17. The summed E-state index contributed by atoms with van der Waals surface area (Å²) >= 11 is 1.18. The van der Waals surface area contributed by atoms with Crippen LogP contribution >= 0.6 is 11.8 Å². The molecule has 1 atom stereocenters. The molecule has 2 aliphatic rings. The Hall–Kier alpha value is -4.24. The number of nitrogens with zero attached hydrogens (tertiary/aromatic N) is 3. The molecule has 192 valence electrons. The summed E-state index contributed by atoms with van der Waals surface area (Å²) in [7, 11) is 0. The Morgan fingerprint density at radius 3 is 2.29 bits per heavy atom. The van der Waals surface area contributed by atoms with Crippen LogP contribution in [0.5, 0.6) is 0 Å². The second-order valence-electron chi connectivity index (χ2n) is 8.89. The van der Waals surface area contributed by atoms with Gasteiger partial charge in [0.1, 0.15) is 11.9 Å². The molecule has 0 aromatic heterocycles. The van der Waals surface area contributed by atoms with E-state index in [0.717, 1.165) is 16.7 Å². The SMILES string of the molecule is O=C(CSC1=Nc2ccccc2C2=N[C@H](CC(=O)NCCc3ccccc3)C(=O)N12)NCc1ccccc1.